The molecule has 0 saturated heterocycles. The summed E-state index contributed by atoms with van der Waals surface area (Å²) in [5.41, 5.74) is 1.87. The van der Waals surface area contributed by atoms with Gasteiger partial charge in [-0.2, -0.15) is 0 Å². The van der Waals surface area contributed by atoms with E-state index in [1.54, 1.807) is 6.07 Å². The fourth-order valence-corrected chi connectivity index (χ4v) is 1.53. The molecular weight excluding hydrogens is 226 g/mol. The Hall–Kier alpha value is -1.45. The molecule has 0 bridgehead atoms. The minimum Gasteiger partial charge on any atom is -0.448 e. The van der Waals surface area contributed by atoms with Gasteiger partial charge in [-0.25, -0.2) is 0 Å². The number of furan rings is 1. The molecular formula is C12H12ClNO2. The zero-order chi connectivity index (χ0) is 11.4. The third-order valence-corrected chi connectivity index (χ3v) is 2.44. The van der Waals surface area contributed by atoms with Gasteiger partial charge in [0.15, 0.2) is 5.22 Å². The summed E-state index contributed by atoms with van der Waals surface area (Å²) in [4.78, 5) is 0. The predicted molar refractivity (Wildman–Crippen MR) is 63.4 cm³/mol. The minimum atomic E-state index is 0.0636. The lowest BCUT2D eigenvalue weighted by atomic mass is 10.2. The first kappa shape index (κ1) is 11.0. The van der Waals surface area contributed by atoms with Crippen LogP contribution in [0.5, 0.6) is 0 Å². The Morgan fingerprint density at radius 2 is 1.88 bits per heavy atom. The molecule has 16 heavy (non-hydrogen) atoms. The molecule has 0 unspecified atom stereocenters. The van der Waals surface area contributed by atoms with Crippen LogP contribution in [-0.2, 0) is 13.2 Å². The summed E-state index contributed by atoms with van der Waals surface area (Å²) in [7, 11) is 0. The Balaban J connectivity index is 1.94. The summed E-state index contributed by atoms with van der Waals surface area (Å²) in [6.45, 7) is 0.652. The molecule has 2 rings (SSSR count). The number of aliphatic hydroxyl groups is 1. The first-order valence-electron chi connectivity index (χ1n) is 4.96. The van der Waals surface area contributed by atoms with E-state index in [1.807, 2.05) is 30.3 Å². The van der Waals surface area contributed by atoms with E-state index < -0.39 is 0 Å². The van der Waals surface area contributed by atoms with Gasteiger partial charge in [0.1, 0.15) is 5.76 Å². The standard InChI is InChI=1S/C12H12ClNO2/c13-12-6-5-11(16-12)7-14-10-3-1-9(8-15)2-4-10/h1-6,14-15H,7-8H2. The Morgan fingerprint density at radius 3 is 2.44 bits per heavy atom. The molecule has 1 heterocycles. The molecule has 0 spiro atoms. The summed E-state index contributed by atoms with van der Waals surface area (Å²) in [5.74, 6) is 0.788. The lowest BCUT2D eigenvalue weighted by molar-refractivity contribution is 0.282. The third kappa shape index (κ3) is 2.78. The molecule has 3 nitrogen and oxygen atoms in total. The Labute approximate surface area is 98.7 Å². The highest BCUT2D eigenvalue weighted by atomic mass is 35.5. The van der Waals surface area contributed by atoms with Crippen molar-refractivity contribution in [2.75, 3.05) is 5.32 Å². The van der Waals surface area contributed by atoms with Crippen molar-refractivity contribution in [2.24, 2.45) is 0 Å². The Morgan fingerprint density at radius 1 is 1.12 bits per heavy atom. The second-order valence-electron chi connectivity index (χ2n) is 3.41. The second-order valence-corrected chi connectivity index (χ2v) is 3.79. The molecule has 0 aliphatic carbocycles. The van der Waals surface area contributed by atoms with Gasteiger partial charge in [-0.15, -0.1) is 0 Å². The zero-order valence-electron chi connectivity index (χ0n) is 8.61. The van der Waals surface area contributed by atoms with Crippen LogP contribution in [0.1, 0.15) is 11.3 Å². The average Bonchev–Trinajstić information content (AvgIpc) is 2.73. The summed E-state index contributed by atoms with van der Waals surface area (Å²) in [6.07, 6.45) is 0. The summed E-state index contributed by atoms with van der Waals surface area (Å²) < 4.78 is 5.21. The van der Waals surface area contributed by atoms with Crippen molar-refractivity contribution in [3.63, 3.8) is 0 Å². The lowest BCUT2D eigenvalue weighted by Crippen LogP contribution is -1.97. The van der Waals surface area contributed by atoms with Gasteiger partial charge in [0.25, 0.3) is 0 Å². The van der Waals surface area contributed by atoms with E-state index in [4.69, 9.17) is 21.1 Å². The summed E-state index contributed by atoms with van der Waals surface area (Å²) in [5, 5.41) is 12.5. The van der Waals surface area contributed by atoms with E-state index in [0.29, 0.717) is 11.8 Å². The number of nitrogens with one attached hydrogen (secondary N) is 1. The summed E-state index contributed by atoms with van der Waals surface area (Å²) >= 11 is 5.66. The van der Waals surface area contributed by atoms with Gasteiger partial charge in [0, 0.05) is 5.69 Å². The number of halogens is 1. The van der Waals surface area contributed by atoms with Gasteiger partial charge in [-0.05, 0) is 41.4 Å². The second kappa shape index (κ2) is 5.05. The maximum Gasteiger partial charge on any atom is 0.193 e. The predicted octanol–water partition coefficient (Wildman–Crippen LogP) is 3.04. The topological polar surface area (TPSA) is 45.4 Å². The van der Waals surface area contributed by atoms with Gasteiger partial charge >= 0.3 is 0 Å². The number of anilines is 1. The number of aliphatic hydroxyl groups excluding tert-OH is 1. The SMILES string of the molecule is OCc1ccc(NCc2ccc(Cl)o2)cc1. The van der Waals surface area contributed by atoms with Crippen molar-refractivity contribution >= 4 is 17.3 Å². The van der Waals surface area contributed by atoms with E-state index in [9.17, 15) is 0 Å². The number of rotatable bonds is 4. The van der Waals surface area contributed by atoms with Crippen LogP contribution in [0.4, 0.5) is 5.69 Å². The quantitative estimate of drug-likeness (QED) is 0.859. The van der Waals surface area contributed by atoms with Gasteiger partial charge in [-0.1, -0.05) is 12.1 Å². The van der Waals surface area contributed by atoms with Crippen LogP contribution in [0.2, 0.25) is 5.22 Å². The molecule has 0 atom stereocenters. The molecule has 2 aromatic rings. The normalized spacial score (nSPS) is 10.4. The fourth-order valence-electron chi connectivity index (χ4n) is 1.36. The maximum absolute atomic E-state index is 8.89. The van der Waals surface area contributed by atoms with Crippen molar-refractivity contribution in [1.29, 1.82) is 0 Å². The molecule has 2 N–H and O–H groups in total. The lowest BCUT2D eigenvalue weighted by Gasteiger charge is -2.04. The van der Waals surface area contributed by atoms with Gasteiger partial charge < -0.3 is 14.8 Å². The van der Waals surface area contributed by atoms with Crippen LogP contribution in [-0.4, -0.2) is 5.11 Å². The van der Waals surface area contributed by atoms with E-state index in [1.165, 1.54) is 0 Å². The molecule has 0 saturated carbocycles. The van der Waals surface area contributed by atoms with Crippen LogP contribution >= 0.6 is 11.6 Å². The average molecular weight is 238 g/mol. The van der Waals surface area contributed by atoms with Crippen LogP contribution < -0.4 is 5.32 Å². The third-order valence-electron chi connectivity index (χ3n) is 2.23. The smallest absolute Gasteiger partial charge is 0.193 e. The summed E-state index contributed by atoms with van der Waals surface area (Å²) in [6, 6.07) is 11.1. The van der Waals surface area contributed by atoms with Gasteiger partial charge in [0.05, 0.1) is 13.2 Å². The molecule has 1 aromatic heterocycles. The van der Waals surface area contributed by atoms with Crippen LogP contribution in [0, 0.1) is 0 Å². The first-order valence-corrected chi connectivity index (χ1v) is 5.33. The molecule has 4 heteroatoms. The molecule has 0 radical (unpaired) electrons. The number of hydrogen-bond donors (Lipinski definition) is 2. The highest BCUT2D eigenvalue weighted by molar-refractivity contribution is 6.28. The van der Waals surface area contributed by atoms with E-state index in [2.05, 4.69) is 5.32 Å². The molecule has 0 amide bonds. The maximum atomic E-state index is 8.89. The van der Waals surface area contributed by atoms with Crippen LogP contribution in [0.15, 0.2) is 40.8 Å². The van der Waals surface area contributed by atoms with Crippen molar-refractivity contribution in [3.8, 4) is 0 Å². The van der Waals surface area contributed by atoms with Crippen LogP contribution in [0.25, 0.3) is 0 Å². The monoisotopic (exact) mass is 237 g/mol. The van der Waals surface area contributed by atoms with Gasteiger partial charge in [-0.3, -0.25) is 0 Å². The Kier molecular flexibility index (Phi) is 3.49. The number of benzene rings is 1. The van der Waals surface area contributed by atoms with Crippen molar-refractivity contribution < 1.29 is 9.52 Å². The van der Waals surface area contributed by atoms with Crippen LogP contribution in [0.3, 0.4) is 0 Å². The van der Waals surface area contributed by atoms with E-state index in [0.717, 1.165) is 17.0 Å². The molecule has 1 aromatic carbocycles. The fraction of sp³-hybridized carbons (Fsp3) is 0.167. The molecule has 0 aliphatic heterocycles. The first-order chi connectivity index (χ1) is 7.78. The van der Waals surface area contributed by atoms with Crippen molar-refractivity contribution in [2.45, 2.75) is 13.2 Å². The molecule has 0 aliphatic rings. The molecule has 0 fully saturated rings. The van der Waals surface area contributed by atoms with Crippen molar-refractivity contribution in [3.05, 3.63) is 52.9 Å². The van der Waals surface area contributed by atoms with E-state index >= 15 is 0 Å². The largest absolute Gasteiger partial charge is 0.448 e. The van der Waals surface area contributed by atoms with E-state index in [-0.39, 0.29) is 6.61 Å². The van der Waals surface area contributed by atoms with Crippen molar-refractivity contribution in [1.82, 2.24) is 0 Å². The minimum absolute atomic E-state index is 0.0636. The zero-order valence-corrected chi connectivity index (χ0v) is 9.37. The Bertz CT molecular complexity index is 450. The number of hydrogen-bond acceptors (Lipinski definition) is 3. The highest BCUT2D eigenvalue weighted by Gasteiger charge is 1.99. The van der Waals surface area contributed by atoms with Gasteiger partial charge in [0.2, 0.25) is 0 Å². The molecule has 84 valence electrons. The highest BCUT2D eigenvalue weighted by Crippen LogP contribution is 2.15.